The van der Waals surface area contributed by atoms with E-state index in [-0.39, 0.29) is 53.2 Å². The molecule has 1 heterocycles. The lowest BCUT2D eigenvalue weighted by Gasteiger charge is -2.53. The van der Waals surface area contributed by atoms with Gasteiger partial charge in [-0.15, -0.1) is 0 Å². The smallest absolute Gasteiger partial charge is 0.201 e. The monoisotopic (exact) mass is 328 g/mol. The molecule has 2 saturated carbocycles. The highest BCUT2D eigenvalue weighted by Gasteiger charge is 2.62. The maximum absolute atomic E-state index is 13.2. The molecule has 5 rings (SSSR count). The van der Waals surface area contributed by atoms with Crippen molar-refractivity contribution in [2.45, 2.75) is 50.5 Å². The van der Waals surface area contributed by atoms with Gasteiger partial charge in [0.05, 0.1) is 11.7 Å². The van der Waals surface area contributed by atoms with Crippen LogP contribution in [0.3, 0.4) is 0 Å². The Balaban J connectivity index is 1.72. The fraction of sp³-hybridized carbons (Fsp3) is 0.632. The van der Waals surface area contributed by atoms with E-state index in [1.54, 1.807) is 0 Å². The minimum absolute atomic E-state index is 0.0165. The van der Waals surface area contributed by atoms with Crippen molar-refractivity contribution < 1.29 is 23.9 Å². The van der Waals surface area contributed by atoms with Crippen LogP contribution < -0.4 is 0 Å². The number of carbonyl (C=O) groups is 3. The second-order valence-corrected chi connectivity index (χ2v) is 8.13. The first-order valence-corrected chi connectivity index (χ1v) is 8.84. The van der Waals surface area contributed by atoms with E-state index < -0.39 is 11.5 Å². The Bertz CT molecular complexity index is 790. The topological polar surface area (TPSA) is 84.6 Å². The summed E-state index contributed by atoms with van der Waals surface area (Å²) >= 11 is 0. The molecule has 0 bridgehead atoms. The van der Waals surface area contributed by atoms with E-state index in [4.69, 9.17) is 4.42 Å². The highest BCUT2D eigenvalue weighted by atomic mass is 16.3. The molecule has 0 saturated heterocycles. The Hall–Kier alpha value is -1.75. The summed E-state index contributed by atoms with van der Waals surface area (Å²) in [5.74, 6) is 0.0661. The van der Waals surface area contributed by atoms with E-state index in [1.807, 2.05) is 6.92 Å². The van der Waals surface area contributed by atoms with Gasteiger partial charge in [-0.3, -0.25) is 14.4 Å². The van der Waals surface area contributed by atoms with E-state index in [2.05, 4.69) is 0 Å². The molecule has 4 aliphatic carbocycles. The summed E-state index contributed by atoms with van der Waals surface area (Å²) in [6, 6.07) is 0. The van der Waals surface area contributed by atoms with Crippen LogP contribution in [-0.4, -0.2) is 28.6 Å². The summed E-state index contributed by atoms with van der Waals surface area (Å²) in [6.45, 7) is 1.98. The lowest BCUT2D eigenvalue weighted by molar-refractivity contribution is -0.123. The number of rotatable bonds is 0. The summed E-state index contributed by atoms with van der Waals surface area (Å²) in [4.78, 5) is 37.6. The minimum Gasteiger partial charge on any atom is -0.460 e. The first-order valence-electron chi connectivity index (χ1n) is 8.84. The number of fused-ring (bicyclic) bond motifs is 4. The van der Waals surface area contributed by atoms with Gasteiger partial charge in [-0.2, -0.15) is 0 Å². The molecule has 5 heteroatoms. The van der Waals surface area contributed by atoms with Crippen molar-refractivity contribution in [3.05, 3.63) is 23.2 Å². The van der Waals surface area contributed by atoms with Gasteiger partial charge in [0.1, 0.15) is 12.0 Å². The van der Waals surface area contributed by atoms with Gasteiger partial charge in [-0.25, -0.2) is 0 Å². The molecule has 0 aliphatic heterocycles. The average Bonchev–Trinajstić information content (AvgIpc) is 3.16. The van der Waals surface area contributed by atoms with Crippen molar-refractivity contribution >= 4 is 17.3 Å². The number of aliphatic hydroxyl groups is 1. The van der Waals surface area contributed by atoms with Crippen LogP contribution in [0.4, 0.5) is 0 Å². The Morgan fingerprint density at radius 2 is 2.00 bits per heavy atom. The van der Waals surface area contributed by atoms with Gasteiger partial charge >= 0.3 is 0 Å². The Kier molecular flexibility index (Phi) is 2.70. The van der Waals surface area contributed by atoms with Crippen molar-refractivity contribution in [1.82, 2.24) is 0 Å². The molecule has 126 valence electrons. The van der Waals surface area contributed by atoms with Crippen LogP contribution in [0, 0.1) is 23.7 Å². The molecule has 0 aromatic carbocycles. The van der Waals surface area contributed by atoms with Crippen molar-refractivity contribution in [3.63, 3.8) is 0 Å². The molecule has 1 aromatic heterocycles. The predicted molar refractivity (Wildman–Crippen MR) is 82.8 cm³/mol. The Labute approximate surface area is 139 Å². The highest BCUT2D eigenvalue weighted by molar-refractivity contribution is 6.07. The van der Waals surface area contributed by atoms with Gasteiger partial charge in [0.25, 0.3) is 0 Å². The molecule has 24 heavy (non-hydrogen) atoms. The summed E-state index contributed by atoms with van der Waals surface area (Å²) in [7, 11) is 0. The van der Waals surface area contributed by atoms with Crippen LogP contribution in [0.15, 0.2) is 10.7 Å². The number of carbonyl (C=O) groups excluding carboxylic acids is 3. The van der Waals surface area contributed by atoms with Crippen LogP contribution in [-0.2, 0) is 10.2 Å². The molecule has 2 fully saturated rings. The summed E-state index contributed by atoms with van der Waals surface area (Å²) in [5, 5.41) is 10.8. The van der Waals surface area contributed by atoms with Crippen molar-refractivity contribution in [3.8, 4) is 0 Å². The molecular weight excluding hydrogens is 308 g/mol. The second kappa shape index (κ2) is 4.45. The van der Waals surface area contributed by atoms with E-state index in [1.165, 1.54) is 6.26 Å². The third-order valence-corrected chi connectivity index (χ3v) is 7.34. The zero-order chi connectivity index (χ0) is 16.8. The number of hydrogen-bond donors (Lipinski definition) is 1. The van der Waals surface area contributed by atoms with Crippen LogP contribution in [0.2, 0.25) is 0 Å². The van der Waals surface area contributed by atoms with Gasteiger partial charge in [-0.1, -0.05) is 6.92 Å². The van der Waals surface area contributed by atoms with Gasteiger partial charge in [-0.05, 0) is 31.1 Å². The average molecular weight is 328 g/mol. The number of furan rings is 1. The van der Waals surface area contributed by atoms with E-state index in [0.29, 0.717) is 17.5 Å². The first kappa shape index (κ1) is 14.6. The Morgan fingerprint density at radius 1 is 1.21 bits per heavy atom. The fourth-order valence-corrected chi connectivity index (χ4v) is 6.15. The number of Topliss-reactive ketones (excluding diaryl/α,β-unsaturated/α-hetero) is 3. The maximum Gasteiger partial charge on any atom is 0.201 e. The molecule has 0 radical (unpaired) electrons. The molecule has 1 aromatic rings. The first-order chi connectivity index (χ1) is 11.4. The zero-order valence-electron chi connectivity index (χ0n) is 13.6. The standard InChI is InChI=1S/C19H20O5/c1-19-11-4-2-8-9(3-5-12(8)20)15(11)17(23)18-16(19)10(7-24-18)13(21)6-14(19)22/h7-9,11,14-15,22H,2-6H2,1H3/t8?,9?,11?,14-,15?,19+/m1/s1. The SMILES string of the molecule is C[C@]12c3c(coc3C(=O)C3C4CCC(=O)C4CCC31)C(=O)C[C@H]2O. The maximum atomic E-state index is 13.2. The number of ketones is 3. The van der Waals surface area contributed by atoms with Gasteiger partial charge in [0.15, 0.2) is 11.5 Å². The van der Waals surface area contributed by atoms with Gasteiger partial charge in [0.2, 0.25) is 5.78 Å². The van der Waals surface area contributed by atoms with E-state index >= 15 is 0 Å². The predicted octanol–water partition coefficient (Wildman–Crippen LogP) is 2.30. The third-order valence-electron chi connectivity index (χ3n) is 7.34. The normalized spacial score (nSPS) is 43.4. The van der Waals surface area contributed by atoms with Crippen molar-refractivity contribution in [2.75, 3.05) is 0 Å². The molecule has 4 aliphatic rings. The minimum atomic E-state index is -0.803. The fourth-order valence-electron chi connectivity index (χ4n) is 6.15. The second-order valence-electron chi connectivity index (χ2n) is 8.13. The summed E-state index contributed by atoms with van der Waals surface area (Å²) in [5.41, 5.74) is 0.454. The lowest BCUT2D eigenvalue weighted by Crippen LogP contribution is -2.58. The van der Waals surface area contributed by atoms with Gasteiger partial charge in [0, 0.05) is 35.7 Å². The van der Waals surface area contributed by atoms with Crippen molar-refractivity contribution in [2.24, 2.45) is 23.7 Å². The van der Waals surface area contributed by atoms with E-state index in [9.17, 15) is 19.5 Å². The Morgan fingerprint density at radius 3 is 2.79 bits per heavy atom. The quantitative estimate of drug-likeness (QED) is 0.790. The molecule has 0 amide bonds. The summed E-state index contributed by atoms with van der Waals surface area (Å²) in [6.07, 6.45) is 3.51. The van der Waals surface area contributed by atoms with Gasteiger partial charge < -0.3 is 9.52 Å². The van der Waals surface area contributed by atoms with Crippen molar-refractivity contribution in [1.29, 1.82) is 0 Å². The molecule has 4 unspecified atom stereocenters. The summed E-state index contributed by atoms with van der Waals surface area (Å²) < 4.78 is 5.54. The molecular formula is C19H20O5. The highest BCUT2D eigenvalue weighted by Crippen LogP contribution is 2.59. The van der Waals surface area contributed by atoms with E-state index in [0.717, 1.165) is 19.3 Å². The number of aliphatic hydroxyl groups excluding tert-OH is 1. The molecule has 5 nitrogen and oxygen atoms in total. The van der Waals surface area contributed by atoms with Crippen LogP contribution in [0.25, 0.3) is 0 Å². The number of hydrogen-bond acceptors (Lipinski definition) is 5. The third kappa shape index (κ3) is 1.48. The van der Waals surface area contributed by atoms with Crippen LogP contribution >= 0.6 is 0 Å². The van der Waals surface area contributed by atoms with Crippen LogP contribution in [0.5, 0.6) is 0 Å². The molecule has 1 N–H and O–H groups in total. The lowest BCUT2D eigenvalue weighted by atomic mass is 9.49. The largest absolute Gasteiger partial charge is 0.460 e. The molecule has 6 atom stereocenters. The molecule has 0 spiro atoms. The zero-order valence-corrected chi connectivity index (χ0v) is 13.6. The van der Waals surface area contributed by atoms with Crippen LogP contribution in [0.1, 0.15) is 65.5 Å².